The van der Waals surface area contributed by atoms with E-state index in [4.69, 9.17) is 34.3 Å². The third-order valence-electron chi connectivity index (χ3n) is 6.11. The summed E-state index contributed by atoms with van der Waals surface area (Å²) in [7, 11) is -12.4. The summed E-state index contributed by atoms with van der Waals surface area (Å²) in [5.41, 5.74) is 7.24. The minimum Gasteiger partial charge on any atom is -0.497 e. The molecule has 0 amide bonds. The third kappa shape index (κ3) is 9.26. The maximum absolute atomic E-state index is 13.5. The van der Waals surface area contributed by atoms with Crippen molar-refractivity contribution in [2.24, 2.45) is 0 Å². The number of imidazole rings is 1. The second-order valence-electron chi connectivity index (χ2n) is 9.14. The van der Waals surface area contributed by atoms with E-state index in [2.05, 4.69) is 23.6 Å². The normalized spacial score (nSPS) is 22.1. The number of phosphoric ester groups is 1. The molecule has 6 atom stereocenters. The van der Waals surface area contributed by atoms with Gasteiger partial charge < -0.3 is 39.5 Å². The number of hydrogen-bond donors (Lipinski definition) is 5. The number of methoxy groups -OCH3 is 1. The summed E-state index contributed by atoms with van der Waals surface area (Å²) in [5.74, 6) is -0.157. The Morgan fingerprint density at radius 2 is 1.89 bits per heavy atom. The van der Waals surface area contributed by atoms with Gasteiger partial charge in [0.25, 0.3) is 0 Å². The van der Waals surface area contributed by atoms with Gasteiger partial charge in [-0.2, -0.15) is 8.62 Å². The van der Waals surface area contributed by atoms with Crippen LogP contribution in [0.2, 0.25) is 0 Å². The van der Waals surface area contributed by atoms with Crippen molar-refractivity contribution < 1.29 is 65.4 Å². The first-order valence-electron chi connectivity index (χ1n) is 12.5. The number of rotatable bonds is 14. The Hall–Kier alpha value is -2.09. The van der Waals surface area contributed by atoms with Crippen molar-refractivity contribution in [3.05, 3.63) is 42.0 Å². The Balaban J connectivity index is 1.60. The summed E-state index contributed by atoms with van der Waals surface area (Å²) in [6.45, 7) is 1.03. The molecule has 0 saturated carbocycles. The Kier molecular flexibility index (Phi) is 11.4. The Labute approximate surface area is 263 Å². The van der Waals surface area contributed by atoms with Crippen molar-refractivity contribution >= 4 is 68.0 Å². The molecule has 3 aromatic rings. The summed E-state index contributed by atoms with van der Waals surface area (Å²) in [6.07, 6.45) is 1.02. The molecule has 1 aliphatic heterocycles. The summed E-state index contributed by atoms with van der Waals surface area (Å²) in [4.78, 5) is 62.7. The van der Waals surface area contributed by atoms with Crippen LogP contribution < -0.4 is 10.5 Å². The highest BCUT2D eigenvalue weighted by atomic mass is 33.1. The highest BCUT2D eigenvalue weighted by Crippen LogP contribution is 2.66. The molecule has 19 nitrogen and oxygen atoms in total. The maximum Gasteiger partial charge on any atom is 0.490 e. The molecule has 1 aliphatic rings. The smallest absolute Gasteiger partial charge is 0.490 e. The van der Waals surface area contributed by atoms with Crippen LogP contribution in [-0.4, -0.2) is 77.2 Å². The van der Waals surface area contributed by atoms with Crippen LogP contribution in [0, 0.1) is 0 Å². The van der Waals surface area contributed by atoms with Gasteiger partial charge in [0, 0.05) is 11.7 Å². The topological polar surface area (TPSA) is 274 Å². The molecule has 248 valence electrons. The lowest BCUT2D eigenvalue weighted by molar-refractivity contribution is -0.0490. The molecular formula is C21H28N5O14P3S2. The first-order chi connectivity index (χ1) is 21.0. The maximum atomic E-state index is 13.5. The zero-order chi connectivity index (χ0) is 33.2. The zero-order valence-electron chi connectivity index (χ0n) is 23.5. The van der Waals surface area contributed by atoms with Gasteiger partial charge in [0.15, 0.2) is 11.5 Å². The minimum absolute atomic E-state index is 0.0495. The van der Waals surface area contributed by atoms with Crippen molar-refractivity contribution in [1.29, 1.82) is 0 Å². The lowest BCUT2D eigenvalue weighted by Gasteiger charge is -2.22. The highest BCUT2D eigenvalue weighted by Gasteiger charge is 2.44. The Morgan fingerprint density at radius 1 is 1.16 bits per heavy atom. The molecule has 4 unspecified atom stereocenters. The number of benzene rings is 1. The lowest BCUT2D eigenvalue weighted by Crippen LogP contribution is -2.31. The van der Waals surface area contributed by atoms with Crippen LogP contribution in [0.15, 0.2) is 30.9 Å². The number of hydrogen-bond acceptors (Lipinski definition) is 16. The number of aromatic nitrogens is 4. The molecule has 0 spiro atoms. The molecular weight excluding hydrogens is 703 g/mol. The fraction of sp³-hybridized carbons (Fsp3) is 0.429. The van der Waals surface area contributed by atoms with Gasteiger partial charge in [-0.25, -0.2) is 33.4 Å². The monoisotopic (exact) mass is 731 g/mol. The minimum atomic E-state index is -5.77. The van der Waals surface area contributed by atoms with Crippen molar-refractivity contribution in [3.8, 4) is 5.75 Å². The molecule has 2 aromatic heterocycles. The average molecular weight is 732 g/mol. The molecule has 1 aromatic carbocycles. The second kappa shape index (κ2) is 14.4. The quantitative estimate of drug-likeness (QED) is 0.0903. The van der Waals surface area contributed by atoms with Gasteiger partial charge in [-0.3, -0.25) is 9.09 Å². The molecule has 1 fully saturated rings. The van der Waals surface area contributed by atoms with Crippen LogP contribution in [0.4, 0.5) is 5.82 Å². The molecule has 24 heteroatoms. The van der Waals surface area contributed by atoms with E-state index in [0.717, 1.165) is 0 Å². The standard InChI is InChI=1S/C21H28N5O14P3S2/c1-11(45-44-3)14-6-12(35-2)4-5-13(14)21(27)38-15-7-17(26-10-25-18-19(22)23-9-24-20(18)26)37-16(15)8-36-42(31,32)40-43(33,34)39-41(28,29)30/h4-6,9-11,15-17H,7-8H2,1-3H3,(H,31,32)(H,33,34)(H2,22,23,24)(H2,28,29,30)/t11?,15-,16?,17-/m1/s1. The summed E-state index contributed by atoms with van der Waals surface area (Å²) in [5, 5.41) is -0.159. The molecule has 6 N–H and O–H groups in total. The van der Waals surface area contributed by atoms with Gasteiger partial charge in [-0.1, -0.05) is 21.6 Å². The fourth-order valence-electron chi connectivity index (χ4n) is 4.28. The summed E-state index contributed by atoms with van der Waals surface area (Å²) >= 11 is 0. The number of nitrogens with zero attached hydrogens (tertiary/aromatic N) is 4. The van der Waals surface area contributed by atoms with Crippen molar-refractivity contribution in [3.63, 3.8) is 0 Å². The van der Waals surface area contributed by atoms with Crippen molar-refractivity contribution in [2.45, 2.75) is 37.0 Å². The van der Waals surface area contributed by atoms with E-state index in [-0.39, 0.29) is 34.2 Å². The van der Waals surface area contributed by atoms with Crippen LogP contribution >= 0.6 is 45.1 Å². The lowest BCUT2D eigenvalue weighted by atomic mass is 10.0. The van der Waals surface area contributed by atoms with Gasteiger partial charge in [0.2, 0.25) is 0 Å². The van der Waals surface area contributed by atoms with Crippen molar-refractivity contribution in [2.75, 3.05) is 25.7 Å². The zero-order valence-corrected chi connectivity index (χ0v) is 27.8. The van der Waals surface area contributed by atoms with Gasteiger partial charge in [0.1, 0.15) is 36.0 Å². The number of nitrogens with two attached hydrogens (primary N) is 1. The van der Waals surface area contributed by atoms with E-state index in [9.17, 15) is 28.3 Å². The number of ether oxygens (including phenoxy) is 3. The predicted molar refractivity (Wildman–Crippen MR) is 160 cm³/mol. The van der Waals surface area contributed by atoms with E-state index in [1.807, 2.05) is 13.2 Å². The van der Waals surface area contributed by atoms with Gasteiger partial charge >= 0.3 is 29.4 Å². The van der Waals surface area contributed by atoms with Crippen LogP contribution in [0.25, 0.3) is 11.2 Å². The fourth-order valence-corrected chi connectivity index (χ4v) is 9.08. The van der Waals surface area contributed by atoms with E-state index >= 15 is 0 Å². The van der Waals surface area contributed by atoms with Crippen molar-refractivity contribution in [1.82, 2.24) is 19.5 Å². The Bertz CT molecular complexity index is 1690. The number of nitrogen functional groups attached to an aromatic ring is 1. The SMILES string of the molecule is COc1ccc(C(=O)O[C@@H]2C[C@H](n3cnc4c(N)ncnc43)OC2COP(=O)(O)OP(=O)(O)OP(=O)(O)O)c(C(C)SSC)c1. The largest absolute Gasteiger partial charge is 0.497 e. The molecule has 4 rings (SSSR count). The number of carbonyl (C=O) groups is 1. The number of anilines is 1. The molecule has 3 heterocycles. The molecule has 0 aliphatic carbocycles. The summed E-state index contributed by atoms with van der Waals surface area (Å²) < 4.78 is 66.0. The first-order valence-corrected chi connectivity index (χ1v) is 19.6. The van der Waals surface area contributed by atoms with Gasteiger partial charge in [-0.05, 0) is 36.9 Å². The molecule has 0 radical (unpaired) electrons. The average Bonchev–Trinajstić information content (AvgIpc) is 3.54. The van der Waals surface area contributed by atoms with Gasteiger partial charge in [0.05, 0.1) is 25.6 Å². The van der Waals surface area contributed by atoms with Gasteiger partial charge in [-0.15, -0.1) is 0 Å². The van der Waals surface area contributed by atoms with Crippen LogP contribution in [-0.2, 0) is 36.3 Å². The number of carbonyl (C=O) groups excluding carboxylic acids is 1. The van der Waals surface area contributed by atoms with E-state index in [1.165, 1.54) is 52.0 Å². The molecule has 0 bridgehead atoms. The number of phosphoric acid groups is 3. The summed E-state index contributed by atoms with van der Waals surface area (Å²) in [6, 6.07) is 4.82. The third-order valence-corrected chi connectivity index (χ3v) is 12.1. The van der Waals surface area contributed by atoms with E-state index < -0.39 is 54.5 Å². The van der Waals surface area contributed by atoms with Crippen LogP contribution in [0.5, 0.6) is 5.75 Å². The molecule has 45 heavy (non-hydrogen) atoms. The van der Waals surface area contributed by atoms with Crippen LogP contribution in [0.1, 0.15) is 40.7 Å². The second-order valence-corrected chi connectivity index (χ2v) is 16.4. The number of fused-ring (bicyclic) bond motifs is 1. The first kappa shape index (κ1) is 35.8. The highest BCUT2D eigenvalue weighted by molar-refractivity contribution is 8.76. The number of esters is 1. The van der Waals surface area contributed by atoms with E-state index in [1.54, 1.807) is 12.1 Å². The Morgan fingerprint density at radius 3 is 2.56 bits per heavy atom. The molecule has 1 saturated heterocycles. The predicted octanol–water partition coefficient (Wildman–Crippen LogP) is 3.35. The van der Waals surface area contributed by atoms with E-state index in [0.29, 0.717) is 11.3 Å². The van der Waals surface area contributed by atoms with Crippen LogP contribution in [0.3, 0.4) is 0 Å².